The molecule has 3 rings (SSSR count). The summed E-state index contributed by atoms with van der Waals surface area (Å²) in [5.41, 5.74) is 3.55. The molecule has 0 unspecified atom stereocenters. The molecule has 0 fully saturated rings. The Bertz CT molecular complexity index is 921. The highest BCUT2D eigenvalue weighted by atomic mass is 32.2. The van der Waals surface area contributed by atoms with Crippen molar-refractivity contribution < 1.29 is 4.39 Å². The fourth-order valence-corrected chi connectivity index (χ4v) is 3.56. The zero-order chi connectivity index (χ0) is 17.8. The van der Waals surface area contributed by atoms with Gasteiger partial charge in [-0.3, -0.25) is 9.36 Å². The Morgan fingerprint density at radius 1 is 1.04 bits per heavy atom. The van der Waals surface area contributed by atoms with Crippen molar-refractivity contribution in [2.75, 3.05) is 0 Å². The highest BCUT2D eigenvalue weighted by Gasteiger charge is 2.13. The highest BCUT2D eigenvalue weighted by molar-refractivity contribution is 7.98. The Balaban J connectivity index is 1.82. The van der Waals surface area contributed by atoms with Crippen LogP contribution in [-0.2, 0) is 19.2 Å². The lowest BCUT2D eigenvalue weighted by Crippen LogP contribution is -2.25. The van der Waals surface area contributed by atoms with Crippen molar-refractivity contribution in [1.29, 1.82) is 0 Å². The Hall–Kier alpha value is -2.40. The molecule has 3 nitrogen and oxygen atoms in total. The maximum atomic E-state index is 13.0. The summed E-state index contributed by atoms with van der Waals surface area (Å²) in [7, 11) is 1.75. The average Bonchev–Trinajstić information content (AvgIpc) is 2.63. The Kier molecular flexibility index (Phi) is 5.34. The van der Waals surface area contributed by atoms with Crippen molar-refractivity contribution in [3.8, 4) is 0 Å². The molecule has 2 aromatic carbocycles. The van der Waals surface area contributed by atoms with Crippen LogP contribution in [0.5, 0.6) is 0 Å². The molecule has 3 aromatic rings. The lowest BCUT2D eigenvalue weighted by Gasteiger charge is -2.12. The van der Waals surface area contributed by atoms with Crippen LogP contribution in [0.3, 0.4) is 0 Å². The first kappa shape index (κ1) is 17.4. The standard InChI is InChI=1S/C20H19FN2OS/c1-14-18(12-15-6-4-3-5-7-15)19(24)23(2)20(22-14)25-13-16-8-10-17(21)11-9-16/h3-11H,12-13H2,1-2H3. The Morgan fingerprint density at radius 3 is 2.40 bits per heavy atom. The minimum absolute atomic E-state index is 0.0158. The molecule has 0 N–H and O–H groups in total. The van der Waals surface area contributed by atoms with Gasteiger partial charge in [-0.1, -0.05) is 54.2 Å². The lowest BCUT2D eigenvalue weighted by atomic mass is 10.1. The van der Waals surface area contributed by atoms with E-state index in [-0.39, 0.29) is 11.4 Å². The predicted octanol–water partition coefficient (Wildman–Crippen LogP) is 4.11. The summed E-state index contributed by atoms with van der Waals surface area (Å²) in [6.07, 6.45) is 0.579. The third-order valence-electron chi connectivity index (χ3n) is 4.05. The average molecular weight is 354 g/mol. The first-order valence-corrected chi connectivity index (χ1v) is 9.01. The SMILES string of the molecule is Cc1nc(SCc2ccc(F)cc2)n(C)c(=O)c1Cc1ccccc1. The van der Waals surface area contributed by atoms with Crippen LogP contribution >= 0.6 is 11.8 Å². The maximum absolute atomic E-state index is 13.0. The van der Waals surface area contributed by atoms with Gasteiger partial charge in [0.15, 0.2) is 5.16 Å². The largest absolute Gasteiger partial charge is 0.291 e. The minimum Gasteiger partial charge on any atom is -0.291 e. The molecular weight excluding hydrogens is 335 g/mol. The number of hydrogen-bond acceptors (Lipinski definition) is 3. The van der Waals surface area contributed by atoms with Crippen molar-refractivity contribution in [3.63, 3.8) is 0 Å². The van der Waals surface area contributed by atoms with Crippen LogP contribution in [0, 0.1) is 12.7 Å². The number of nitrogens with zero attached hydrogens (tertiary/aromatic N) is 2. The molecule has 0 spiro atoms. The van der Waals surface area contributed by atoms with Crippen LogP contribution in [0.1, 0.15) is 22.4 Å². The zero-order valence-electron chi connectivity index (χ0n) is 14.2. The topological polar surface area (TPSA) is 34.9 Å². The number of aromatic nitrogens is 2. The molecule has 0 aliphatic rings. The van der Waals surface area contributed by atoms with Gasteiger partial charge in [-0.25, -0.2) is 9.37 Å². The van der Waals surface area contributed by atoms with Crippen molar-refractivity contribution in [3.05, 3.63) is 93.2 Å². The van der Waals surface area contributed by atoms with E-state index in [1.54, 1.807) is 23.7 Å². The minimum atomic E-state index is -0.250. The van der Waals surface area contributed by atoms with E-state index in [1.807, 2.05) is 37.3 Å². The van der Waals surface area contributed by atoms with Crippen molar-refractivity contribution in [1.82, 2.24) is 9.55 Å². The van der Waals surface area contributed by atoms with Gasteiger partial charge in [-0.05, 0) is 30.2 Å². The number of halogens is 1. The van der Waals surface area contributed by atoms with Crippen molar-refractivity contribution in [2.45, 2.75) is 24.3 Å². The van der Waals surface area contributed by atoms with Crippen LogP contribution in [0.4, 0.5) is 4.39 Å². The molecule has 1 aromatic heterocycles. The quantitative estimate of drug-likeness (QED) is 0.511. The van der Waals surface area contributed by atoms with Crippen molar-refractivity contribution >= 4 is 11.8 Å². The summed E-state index contributed by atoms with van der Waals surface area (Å²) >= 11 is 1.48. The first-order chi connectivity index (χ1) is 12.0. The molecular formula is C20H19FN2OS. The molecule has 25 heavy (non-hydrogen) atoms. The van der Waals surface area contributed by atoms with E-state index in [0.29, 0.717) is 17.3 Å². The van der Waals surface area contributed by atoms with Gasteiger partial charge < -0.3 is 0 Å². The number of rotatable bonds is 5. The fraction of sp³-hybridized carbons (Fsp3) is 0.200. The van der Waals surface area contributed by atoms with Crippen LogP contribution in [0.15, 0.2) is 64.5 Å². The van der Waals surface area contributed by atoms with Gasteiger partial charge in [0.25, 0.3) is 5.56 Å². The van der Waals surface area contributed by atoms with E-state index >= 15 is 0 Å². The van der Waals surface area contributed by atoms with E-state index in [2.05, 4.69) is 4.98 Å². The number of aryl methyl sites for hydroxylation is 1. The summed E-state index contributed by atoms with van der Waals surface area (Å²) in [5.74, 6) is 0.387. The molecule has 0 aliphatic carbocycles. The first-order valence-electron chi connectivity index (χ1n) is 8.02. The van der Waals surface area contributed by atoms with Crippen LogP contribution < -0.4 is 5.56 Å². The normalized spacial score (nSPS) is 10.8. The van der Waals surface area contributed by atoms with Crippen LogP contribution in [-0.4, -0.2) is 9.55 Å². The summed E-state index contributed by atoms with van der Waals surface area (Å²) in [6, 6.07) is 16.3. The third kappa shape index (κ3) is 4.17. The van der Waals surface area contributed by atoms with Gasteiger partial charge in [0.05, 0.1) is 0 Å². The lowest BCUT2D eigenvalue weighted by molar-refractivity contribution is 0.627. The van der Waals surface area contributed by atoms with Gasteiger partial charge >= 0.3 is 0 Å². The monoisotopic (exact) mass is 354 g/mol. The van der Waals surface area contributed by atoms with Gasteiger partial charge in [-0.15, -0.1) is 0 Å². The summed E-state index contributed by atoms with van der Waals surface area (Å²) in [5, 5.41) is 0.670. The molecule has 0 bridgehead atoms. The Labute approximate surface area is 150 Å². The van der Waals surface area contributed by atoms with E-state index in [4.69, 9.17) is 0 Å². The van der Waals surface area contributed by atoms with Gasteiger partial charge in [0.2, 0.25) is 0 Å². The van der Waals surface area contributed by atoms with Gasteiger partial charge in [-0.2, -0.15) is 0 Å². The van der Waals surface area contributed by atoms with Crippen LogP contribution in [0.25, 0.3) is 0 Å². The van der Waals surface area contributed by atoms with Crippen molar-refractivity contribution in [2.24, 2.45) is 7.05 Å². The smallest absolute Gasteiger partial charge is 0.257 e. The molecule has 0 atom stereocenters. The number of hydrogen-bond donors (Lipinski definition) is 0. The highest BCUT2D eigenvalue weighted by Crippen LogP contribution is 2.21. The molecule has 0 amide bonds. The summed E-state index contributed by atoms with van der Waals surface area (Å²) in [6.45, 7) is 1.88. The maximum Gasteiger partial charge on any atom is 0.257 e. The fourth-order valence-electron chi connectivity index (χ4n) is 2.59. The van der Waals surface area contributed by atoms with E-state index in [1.165, 1.54) is 23.9 Å². The summed E-state index contributed by atoms with van der Waals surface area (Å²) in [4.78, 5) is 17.3. The second kappa shape index (κ2) is 7.66. The van der Waals surface area contributed by atoms with Crippen LogP contribution in [0.2, 0.25) is 0 Å². The second-order valence-corrected chi connectivity index (χ2v) is 6.84. The van der Waals surface area contributed by atoms with E-state index in [9.17, 15) is 9.18 Å². The van der Waals surface area contributed by atoms with Gasteiger partial charge in [0, 0.05) is 30.5 Å². The van der Waals surface area contributed by atoms with E-state index in [0.717, 1.165) is 22.4 Å². The Morgan fingerprint density at radius 2 is 1.72 bits per heavy atom. The second-order valence-electron chi connectivity index (χ2n) is 5.90. The van der Waals surface area contributed by atoms with E-state index < -0.39 is 0 Å². The molecule has 128 valence electrons. The molecule has 0 radical (unpaired) electrons. The number of benzene rings is 2. The molecule has 5 heteroatoms. The molecule has 0 saturated carbocycles. The predicted molar refractivity (Wildman–Crippen MR) is 99.4 cm³/mol. The third-order valence-corrected chi connectivity index (χ3v) is 5.16. The summed E-state index contributed by atoms with van der Waals surface area (Å²) < 4.78 is 14.6. The van der Waals surface area contributed by atoms with Gasteiger partial charge in [0.1, 0.15) is 5.82 Å². The zero-order valence-corrected chi connectivity index (χ0v) is 15.0. The number of thioether (sulfide) groups is 1. The molecule has 1 heterocycles. The molecule has 0 aliphatic heterocycles. The molecule has 0 saturated heterocycles.